The van der Waals surface area contributed by atoms with Gasteiger partial charge in [0.2, 0.25) is 0 Å². The Balaban J connectivity index is 1.49. The third-order valence-corrected chi connectivity index (χ3v) is 7.01. The standard InChI is InChI=1S/C25H21N5O6S/c1-35-21-8-5-15(10-22(21)36-2)20-12-19(23-4-3-9-37-23)27-29(20)24(31)13-28-14-26-18-11-16(30(33)34)6-7-17(18)25(28)32/h3-11,14,20H,12-13H2,1-2H3/t20-/m0/s1. The minimum absolute atomic E-state index is 0.168. The zero-order valence-electron chi connectivity index (χ0n) is 19.9. The van der Waals surface area contributed by atoms with Crippen LogP contribution in [-0.4, -0.2) is 45.3 Å². The van der Waals surface area contributed by atoms with E-state index in [1.165, 1.54) is 45.4 Å². The summed E-state index contributed by atoms with van der Waals surface area (Å²) in [6.45, 7) is -0.302. The number of hydrazone groups is 1. The van der Waals surface area contributed by atoms with Crippen LogP contribution in [0, 0.1) is 10.1 Å². The van der Waals surface area contributed by atoms with Gasteiger partial charge in [-0.15, -0.1) is 11.3 Å². The Kier molecular flexibility index (Phi) is 6.40. The van der Waals surface area contributed by atoms with Crippen LogP contribution in [0.3, 0.4) is 0 Å². The van der Waals surface area contributed by atoms with E-state index in [9.17, 15) is 19.7 Å². The highest BCUT2D eigenvalue weighted by atomic mass is 32.1. The molecule has 188 valence electrons. The van der Waals surface area contributed by atoms with E-state index in [1.807, 2.05) is 29.6 Å². The Morgan fingerprint density at radius 3 is 2.68 bits per heavy atom. The second-order valence-electron chi connectivity index (χ2n) is 8.23. The third kappa shape index (κ3) is 4.54. The zero-order chi connectivity index (χ0) is 26.1. The largest absolute Gasteiger partial charge is 0.493 e. The number of benzene rings is 2. The highest BCUT2D eigenvalue weighted by Crippen LogP contribution is 2.38. The minimum Gasteiger partial charge on any atom is -0.493 e. The number of nitro benzene ring substituents is 1. The molecule has 0 radical (unpaired) electrons. The number of carbonyl (C=O) groups excluding carboxylic acids is 1. The number of amides is 1. The first kappa shape index (κ1) is 24.1. The van der Waals surface area contributed by atoms with Crippen LogP contribution in [0.2, 0.25) is 0 Å². The maximum absolute atomic E-state index is 13.5. The summed E-state index contributed by atoms with van der Waals surface area (Å²) in [5, 5.41) is 19.2. The van der Waals surface area contributed by atoms with Crippen LogP contribution in [0.25, 0.3) is 10.9 Å². The summed E-state index contributed by atoms with van der Waals surface area (Å²) in [4.78, 5) is 42.1. The molecule has 0 spiro atoms. The van der Waals surface area contributed by atoms with E-state index in [0.29, 0.717) is 17.9 Å². The lowest BCUT2D eigenvalue weighted by molar-refractivity contribution is -0.384. The van der Waals surface area contributed by atoms with Crippen molar-refractivity contribution < 1.29 is 19.2 Å². The molecule has 1 atom stereocenters. The number of fused-ring (bicyclic) bond motifs is 1. The molecule has 0 unspecified atom stereocenters. The van der Waals surface area contributed by atoms with E-state index < -0.39 is 22.4 Å². The maximum atomic E-state index is 13.5. The molecule has 1 amide bonds. The molecule has 12 heteroatoms. The number of hydrogen-bond donors (Lipinski definition) is 0. The molecule has 1 aliphatic heterocycles. The molecule has 0 saturated heterocycles. The minimum atomic E-state index is -0.555. The van der Waals surface area contributed by atoms with Gasteiger partial charge in [-0.3, -0.25) is 24.3 Å². The van der Waals surface area contributed by atoms with Crippen LogP contribution in [0.4, 0.5) is 5.69 Å². The molecule has 0 aliphatic carbocycles. The number of methoxy groups -OCH3 is 2. The Morgan fingerprint density at radius 2 is 1.97 bits per heavy atom. The van der Waals surface area contributed by atoms with Gasteiger partial charge >= 0.3 is 0 Å². The second kappa shape index (κ2) is 9.82. The Bertz CT molecular complexity index is 1600. The van der Waals surface area contributed by atoms with Crippen molar-refractivity contribution in [1.82, 2.24) is 14.6 Å². The molecule has 1 aliphatic rings. The molecule has 2 aromatic carbocycles. The summed E-state index contributed by atoms with van der Waals surface area (Å²) in [7, 11) is 3.09. The van der Waals surface area contributed by atoms with Gasteiger partial charge in [0.15, 0.2) is 11.5 Å². The van der Waals surface area contributed by atoms with Gasteiger partial charge in [0.25, 0.3) is 17.2 Å². The number of thiophene rings is 1. The van der Waals surface area contributed by atoms with Gasteiger partial charge in [-0.1, -0.05) is 12.1 Å². The molecule has 3 heterocycles. The van der Waals surface area contributed by atoms with E-state index in [0.717, 1.165) is 16.2 Å². The molecule has 5 rings (SSSR count). The molecule has 2 aromatic heterocycles. The number of ether oxygens (including phenoxy) is 2. The molecular weight excluding hydrogens is 498 g/mol. The second-order valence-corrected chi connectivity index (χ2v) is 9.18. The molecule has 0 saturated carbocycles. The van der Waals surface area contributed by atoms with E-state index in [2.05, 4.69) is 10.1 Å². The van der Waals surface area contributed by atoms with Gasteiger partial charge in [-0.2, -0.15) is 5.10 Å². The monoisotopic (exact) mass is 519 g/mol. The van der Waals surface area contributed by atoms with Crippen LogP contribution in [0.15, 0.2) is 70.1 Å². The Morgan fingerprint density at radius 1 is 1.16 bits per heavy atom. The van der Waals surface area contributed by atoms with Crippen molar-refractivity contribution in [2.24, 2.45) is 5.10 Å². The van der Waals surface area contributed by atoms with Crippen molar-refractivity contribution in [1.29, 1.82) is 0 Å². The summed E-state index contributed by atoms with van der Waals surface area (Å²) < 4.78 is 12.0. The number of hydrogen-bond acceptors (Lipinski definition) is 9. The number of rotatable bonds is 7. The van der Waals surface area contributed by atoms with Crippen LogP contribution in [-0.2, 0) is 11.3 Å². The smallest absolute Gasteiger partial charge is 0.271 e. The van der Waals surface area contributed by atoms with E-state index in [1.54, 1.807) is 20.3 Å². The van der Waals surface area contributed by atoms with Gasteiger partial charge in [-0.25, -0.2) is 9.99 Å². The number of nitrogens with zero attached hydrogens (tertiary/aromatic N) is 5. The third-order valence-electron chi connectivity index (χ3n) is 6.09. The number of aromatic nitrogens is 2. The average Bonchev–Trinajstić information content (AvgIpc) is 3.60. The van der Waals surface area contributed by atoms with Crippen molar-refractivity contribution in [2.75, 3.05) is 14.2 Å². The predicted octanol–water partition coefficient (Wildman–Crippen LogP) is 3.76. The maximum Gasteiger partial charge on any atom is 0.271 e. The molecule has 0 N–H and O–H groups in total. The first-order valence-corrected chi connectivity index (χ1v) is 12.1. The number of nitro groups is 1. The summed E-state index contributed by atoms with van der Waals surface area (Å²) >= 11 is 1.53. The van der Waals surface area contributed by atoms with Gasteiger partial charge in [0.1, 0.15) is 6.54 Å². The number of carbonyl (C=O) groups is 1. The molecule has 11 nitrogen and oxygen atoms in total. The van der Waals surface area contributed by atoms with Crippen molar-refractivity contribution in [3.63, 3.8) is 0 Å². The van der Waals surface area contributed by atoms with Crippen molar-refractivity contribution in [3.8, 4) is 11.5 Å². The van der Waals surface area contributed by atoms with Crippen LogP contribution < -0.4 is 15.0 Å². The molecule has 4 aromatic rings. The lowest BCUT2D eigenvalue weighted by atomic mass is 10.0. The molecule has 0 bridgehead atoms. The number of non-ortho nitro benzene ring substituents is 1. The molecule has 0 fully saturated rings. The van der Waals surface area contributed by atoms with Gasteiger partial charge in [0, 0.05) is 18.6 Å². The van der Waals surface area contributed by atoms with Crippen molar-refractivity contribution in [3.05, 3.63) is 91.1 Å². The summed E-state index contributed by atoms with van der Waals surface area (Å²) in [6.07, 6.45) is 1.70. The SMILES string of the molecule is COc1ccc([C@@H]2CC(c3cccs3)=NN2C(=O)Cn2cnc3cc([N+](=O)[O-])ccc3c2=O)cc1OC. The van der Waals surface area contributed by atoms with E-state index in [-0.39, 0.29) is 23.1 Å². The average molecular weight is 520 g/mol. The van der Waals surface area contributed by atoms with Crippen LogP contribution in [0.1, 0.15) is 22.9 Å². The quantitative estimate of drug-likeness (QED) is 0.268. The van der Waals surface area contributed by atoms with Gasteiger partial charge < -0.3 is 9.47 Å². The fourth-order valence-electron chi connectivity index (χ4n) is 4.24. The van der Waals surface area contributed by atoms with E-state index in [4.69, 9.17) is 9.47 Å². The highest BCUT2D eigenvalue weighted by molar-refractivity contribution is 7.12. The van der Waals surface area contributed by atoms with Crippen LogP contribution >= 0.6 is 11.3 Å². The fourth-order valence-corrected chi connectivity index (χ4v) is 4.96. The van der Waals surface area contributed by atoms with Gasteiger partial charge in [-0.05, 0) is 35.2 Å². The Labute approximate surface area is 214 Å². The zero-order valence-corrected chi connectivity index (χ0v) is 20.7. The molecular formula is C25H21N5O6S. The predicted molar refractivity (Wildman–Crippen MR) is 137 cm³/mol. The van der Waals surface area contributed by atoms with Crippen molar-refractivity contribution >= 4 is 39.5 Å². The fraction of sp³-hybridized carbons (Fsp3) is 0.200. The Hall–Kier alpha value is -4.58. The topological polar surface area (TPSA) is 129 Å². The highest BCUT2D eigenvalue weighted by Gasteiger charge is 2.34. The first-order chi connectivity index (χ1) is 17.9. The summed E-state index contributed by atoms with van der Waals surface area (Å²) in [5.74, 6) is 0.688. The van der Waals surface area contributed by atoms with Crippen LogP contribution in [0.5, 0.6) is 11.5 Å². The first-order valence-electron chi connectivity index (χ1n) is 11.2. The molecule has 37 heavy (non-hydrogen) atoms. The summed E-state index contributed by atoms with van der Waals surface area (Å²) in [5.41, 5.74) is 1.11. The van der Waals surface area contributed by atoms with E-state index >= 15 is 0 Å². The van der Waals surface area contributed by atoms with Crippen molar-refractivity contribution in [2.45, 2.75) is 19.0 Å². The lowest BCUT2D eigenvalue weighted by Crippen LogP contribution is -2.34. The normalized spacial score (nSPS) is 15.0. The summed E-state index contributed by atoms with van der Waals surface area (Å²) in [6, 6.07) is 12.7. The lowest BCUT2D eigenvalue weighted by Gasteiger charge is -2.23. The van der Waals surface area contributed by atoms with Gasteiger partial charge in [0.05, 0.1) is 53.0 Å².